The number of rotatable bonds is 4. The third-order valence-electron chi connectivity index (χ3n) is 5.46. The molecule has 0 spiro atoms. The number of fused-ring (bicyclic) bond motifs is 2. The summed E-state index contributed by atoms with van der Waals surface area (Å²) in [5.41, 5.74) is -0.739. The van der Waals surface area contributed by atoms with Gasteiger partial charge >= 0.3 is 5.97 Å². The number of benzene rings is 2. The van der Waals surface area contributed by atoms with E-state index in [-0.39, 0.29) is 12.1 Å². The Morgan fingerprint density at radius 2 is 1.48 bits per heavy atom. The van der Waals surface area contributed by atoms with Gasteiger partial charge in [-0.3, -0.25) is 0 Å². The van der Waals surface area contributed by atoms with E-state index in [4.69, 9.17) is 4.74 Å². The second kappa shape index (κ2) is 6.62. The first-order chi connectivity index (χ1) is 12.2. The summed E-state index contributed by atoms with van der Waals surface area (Å²) in [4.78, 5) is 13.1. The SMILES string of the molecule is O=C(O[C@@H]1CC[C@@H]2CC[C@H]1N2)C(O)(c1ccccc1)c1ccccc1. The molecular formula is C21H23NO3. The van der Waals surface area contributed by atoms with Gasteiger partial charge in [-0.05, 0) is 36.8 Å². The molecule has 0 aromatic heterocycles. The predicted octanol–water partition coefficient (Wildman–Crippen LogP) is 2.75. The van der Waals surface area contributed by atoms with Crippen LogP contribution in [0.25, 0.3) is 0 Å². The van der Waals surface area contributed by atoms with Crippen LogP contribution in [0.5, 0.6) is 0 Å². The van der Waals surface area contributed by atoms with Crippen LogP contribution in [-0.4, -0.2) is 29.3 Å². The normalized spacial score (nSPS) is 25.6. The fourth-order valence-electron chi connectivity index (χ4n) is 4.06. The van der Waals surface area contributed by atoms with Gasteiger partial charge in [-0.2, -0.15) is 0 Å². The second-order valence-electron chi connectivity index (χ2n) is 7.01. The van der Waals surface area contributed by atoms with Gasteiger partial charge in [0.25, 0.3) is 0 Å². The van der Waals surface area contributed by atoms with Crippen LogP contribution in [0, 0.1) is 0 Å². The summed E-state index contributed by atoms with van der Waals surface area (Å²) in [5, 5.41) is 14.9. The lowest BCUT2D eigenvalue weighted by Gasteiger charge is -2.34. The third kappa shape index (κ3) is 2.96. The standard InChI is InChI=1S/C21H23NO3/c23-20(25-19-14-12-17-11-13-18(19)22-17)21(24,15-7-3-1-4-8-15)16-9-5-2-6-10-16/h1-10,17-19,22,24H,11-14H2/t17-,18+,19+/m0/s1. The highest BCUT2D eigenvalue weighted by atomic mass is 16.6. The van der Waals surface area contributed by atoms with Crippen LogP contribution in [0.2, 0.25) is 0 Å². The number of nitrogens with one attached hydrogen (secondary N) is 1. The van der Waals surface area contributed by atoms with Crippen LogP contribution in [0.4, 0.5) is 0 Å². The van der Waals surface area contributed by atoms with Crippen LogP contribution in [0.3, 0.4) is 0 Å². The van der Waals surface area contributed by atoms with E-state index < -0.39 is 11.6 Å². The lowest BCUT2D eigenvalue weighted by Crippen LogP contribution is -2.49. The van der Waals surface area contributed by atoms with Gasteiger partial charge in [0.15, 0.2) is 0 Å². The largest absolute Gasteiger partial charge is 0.458 e. The van der Waals surface area contributed by atoms with E-state index in [0.717, 1.165) is 25.7 Å². The van der Waals surface area contributed by atoms with E-state index in [1.165, 1.54) is 0 Å². The van der Waals surface area contributed by atoms with E-state index in [0.29, 0.717) is 17.2 Å². The molecule has 2 heterocycles. The maximum atomic E-state index is 13.1. The zero-order chi connectivity index (χ0) is 17.3. The quantitative estimate of drug-likeness (QED) is 0.843. The lowest BCUT2D eigenvalue weighted by molar-refractivity contribution is -0.170. The summed E-state index contributed by atoms with van der Waals surface area (Å²) in [5.74, 6) is -0.595. The molecular weight excluding hydrogens is 314 g/mol. The van der Waals surface area contributed by atoms with E-state index >= 15 is 0 Å². The molecule has 2 aliphatic heterocycles. The topological polar surface area (TPSA) is 58.6 Å². The third-order valence-corrected chi connectivity index (χ3v) is 5.46. The van der Waals surface area contributed by atoms with Gasteiger partial charge in [-0.1, -0.05) is 60.7 Å². The molecule has 4 heteroatoms. The van der Waals surface area contributed by atoms with E-state index in [1.807, 2.05) is 36.4 Å². The van der Waals surface area contributed by atoms with Crippen LogP contribution in [0.1, 0.15) is 36.8 Å². The van der Waals surface area contributed by atoms with Crippen molar-refractivity contribution in [3.8, 4) is 0 Å². The second-order valence-corrected chi connectivity index (χ2v) is 7.01. The Morgan fingerprint density at radius 3 is 2.08 bits per heavy atom. The van der Waals surface area contributed by atoms with Crippen molar-refractivity contribution in [3.63, 3.8) is 0 Å². The zero-order valence-electron chi connectivity index (χ0n) is 14.1. The lowest BCUT2D eigenvalue weighted by atomic mass is 9.86. The molecule has 2 aromatic rings. The van der Waals surface area contributed by atoms with Crippen LogP contribution >= 0.6 is 0 Å². The maximum Gasteiger partial charge on any atom is 0.348 e. The van der Waals surface area contributed by atoms with Crippen molar-refractivity contribution in [1.29, 1.82) is 0 Å². The van der Waals surface area contributed by atoms with Crippen LogP contribution < -0.4 is 5.32 Å². The number of hydrogen-bond acceptors (Lipinski definition) is 4. The fourth-order valence-corrected chi connectivity index (χ4v) is 4.06. The van der Waals surface area contributed by atoms with Gasteiger partial charge < -0.3 is 15.2 Å². The molecule has 4 nitrogen and oxygen atoms in total. The van der Waals surface area contributed by atoms with Gasteiger partial charge in [-0.25, -0.2) is 4.79 Å². The van der Waals surface area contributed by atoms with Crippen molar-refractivity contribution in [2.45, 2.75) is 49.5 Å². The molecule has 2 bridgehead atoms. The average molecular weight is 337 g/mol. The summed E-state index contributed by atoms with van der Waals surface area (Å²) in [6.45, 7) is 0. The number of carbonyl (C=O) groups excluding carboxylic acids is 1. The molecule has 2 aliphatic rings. The monoisotopic (exact) mass is 337 g/mol. The highest BCUT2D eigenvalue weighted by Gasteiger charge is 2.45. The van der Waals surface area contributed by atoms with E-state index in [9.17, 15) is 9.90 Å². The number of esters is 1. The number of ether oxygens (including phenoxy) is 1. The van der Waals surface area contributed by atoms with Crippen LogP contribution in [0.15, 0.2) is 60.7 Å². The summed E-state index contributed by atoms with van der Waals surface area (Å²) in [6.07, 6.45) is 3.86. The van der Waals surface area contributed by atoms with Crippen molar-refractivity contribution >= 4 is 5.97 Å². The minimum atomic E-state index is -1.79. The van der Waals surface area contributed by atoms with Crippen molar-refractivity contribution in [2.24, 2.45) is 0 Å². The maximum absolute atomic E-state index is 13.1. The highest BCUT2D eigenvalue weighted by Crippen LogP contribution is 2.34. The first-order valence-corrected chi connectivity index (χ1v) is 8.98. The molecule has 2 N–H and O–H groups in total. The summed E-state index contributed by atoms with van der Waals surface area (Å²) in [7, 11) is 0. The molecule has 0 radical (unpaired) electrons. The van der Waals surface area contributed by atoms with Gasteiger partial charge in [0.1, 0.15) is 6.10 Å². The summed E-state index contributed by atoms with van der Waals surface area (Å²) >= 11 is 0. The molecule has 25 heavy (non-hydrogen) atoms. The molecule has 0 saturated carbocycles. The Hall–Kier alpha value is -2.17. The number of piperidine rings is 1. The molecule has 130 valence electrons. The number of hydrogen-bond donors (Lipinski definition) is 2. The molecule has 0 unspecified atom stereocenters. The molecule has 0 aliphatic carbocycles. The van der Waals surface area contributed by atoms with Gasteiger partial charge in [0.05, 0.1) is 0 Å². The molecule has 2 aromatic carbocycles. The minimum absolute atomic E-state index is 0.176. The first kappa shape index (κ1) is 16.3. The highest BCUT2D eigenvalue weighted by molar-refractivity contribution is 5.85. The fraction of sp³-hybridized carbons (Fsp3) is 0.381. The molecule has 3 atom stereocenters. The van der Waals surface area contributed by atoms with Crippen molar-refractivity contribution < 1.29 is 14.6 Å². The van der Waals surface area contributed by atoms with Crippen molar-refractivity contribution in [1.82, 2.24) is 5.32 Å². The summed E-state index contributed by atoms with van der Waals surface area (Å²) < 4.78 is 5.84. The van der Waals surface area contributed by atoms with Gasteiger partial charge in [0.2, 0.25) is 5.60 Å². The number of aliphatic hydroxyl groups is 1. The molecule has 2 fully saturated rings. The minimum Gasteiger partial charge on any atom is -0.458 e. The Labute approximate surface area is 147 Å². The molecule has 2 saturated heterocycles. The zero-order valence-corrected chi connectivity index (χ0v) is 14.1. The van der Waals surface area contributed by atoms with Crippen LogP contribution in [-0.2, 0) is 15.1 Å². The Morgan fingerprint density at radius 1 is 0.920 bits per heavy atom. The Balaban J connectivity index is 1.65. The molecule has 0 amide bonds. The average Bonchev–Trinajstić information content (AvgIpc) is 3.07. The molecule has 4 rings (SSSR count). The smallest absolute Gasteiger partial charge is 0.348 e. The Bertz CT molecular complexity index is 692. The van der Waals surface area contributed by atoms with Gasteiger partial charge in [-0.15, -0.1) is 0 Å². The van der Waals surface area contributed by atoms with E-state index in [1.54, 1.807) is 24.3 Å². The Kier molecular flexibility index (Phi) is 4.32. The van der Waals surface area contributed by atoms with Gasteiger partial charge in [0, 0.05) is 12.1 Å². The number of carbonyl (C=O) groups is 1. The summed E-state index contributed by atoms with van der Waals surface area (Å²) in [6, 6.07) is 18.8. The first-order valence-electron chi connectivity index (χ1n) is 8.98. The van der Waals surface area contributed by atoms with E-state index in [2.05, 4.69) is 5.32 Å². The van der Waals surface area contributed by atoms with Crippen molar-refractivity contribution in [3.05, 3.63) is 71.8 Å². The van der Waals surface area contributed by atoms with Crippen molar-refractivity contribution in [2.75, 3.05) is 0 Å². The predicted molar refractivity (Wildman–Crippen MR) is 94.9 cm³/mol.